The SMILES string of the molecule is COc1ccc(-c2cc(CN[C@H]3CCSC3)no2)cc1. The van der Waals surface area contributed by atoms with E-state index in [4.69, 9.17) is 9.26 Å². The van der Waals surface area contributed by atoms with E-state index in [0.29, 0.717) is 6.04 Å². The van der Waals surface area contributed by atoms with Gasteiger partial charge in [-0.1, -0.05) is 5.16 Å². The van der Waals surface area contributed by atoms with Gasteiger partial charge in [0, 0.05) is 30.0 Å². The van der Waals surface area contributed by atoms with E-state index in [-0.39, 0.29) is 0 Å². The van der Waals surface area contributed by atoms with Crippen molar-refractivity contribution < 1.29 is 9.26 Å². The Kier molecular flexibility index (Phi) is 4.28. The van der Waals surface area contributed by atoms with Gasteiger partial charge >= 0.3 is 0 Å². The summed E-state index contributed by atoms with van der Waals surface area (Å²) in [5.74, 6) is 4.09. The Labute approximate surface area is 122 Å². The second-order valence-electron chi connectivity index (χ2n) is 4.85. The molecular formula is C15H18N2O2S. The quantitative estimate of drug-likeness (QED) is 0.917. The van der Waals surface area contributed by atoms with Gasteiger partial charge in [-0.05, 0) is 36.4 Å². The van der Waals surface area contributed by atoms with Gasteiger partial charge in [0.25, 0.3) is 0 Å². The van der Waals surface area contributed by atoms with Gasteiger partial charge in [0.2, 0.25) is 0 Å². The summed E-state index contributed by atoms with van der Waals surface area (Å²) in [6.07, 6.45) is 1.24. The van der Waals surface area contributed by atoms with Crippen molar-refractivity contribution in [2.45, 2.75) is 19.0 Å². The van der Waals surface area contributed by atoms with Crippen LogP contribution in [0.2, 0.25) is 0 Å². The molecule has 0 spiro atoms. The molecule has 0 radical (unpaired) electrons. The second kappa shape index (κ2) is 6.33. The summed E-state index contributed by atoms with van der Waals surface area (Å²) in [5.41, 5.74) is 1.97. The van der Waals surface area contributed by atoms with Gasteiger partial charge in [-0.15, -0.1) is 0 Å². The minimum atomic E-state index is 0.612. The van der Waals surface area contributed by atoms with Gasteiger partial charge in [0.05, 0.1) is 12.8 Å². The normalized spacial score (nSPS) is 18.4. The number of hydrogen-bond donors (Lipinski definition) is 1. The van der Waals surface area contributed by atoms with E-state index < -0.39 is 0 Å². The van der Waals surface area contributed by atoms with Crippen LogP contribution in [0, 0.1) is 0 Å². The van der Waals surface area contributed by atoms with Crippen molar-refractivity contribution in [2.75, 3.05) is 18.6 Å². The van der Waals surface area contributed by atoms with Crippen LogP contribution < -0.4 is 10.1 Å². The molecule has 0 saturated carbocycles. The molecule has 1 aromatic carbocycles. The Hall–Kier alpha value is -1.46. The Morgan fingerprint density at radius 2 is 2.25 bits per heavy atom. The lowest BCUT2D eigenvalue weighted by Gasteiger charge is -2.08. The lowest BCUT2D eigenvalue weighted by molar-refractivity contribution is 0.413. The van der Waals surface area contributed by atoms with Crippen molar-refractivity contribution in [3.05, 3.63) is 36.0 Å². The third-order valence-corrected chi connectivity index (χ3v) is 4.60. The molecule has 0 aliphatic carbocycles. The van der Waals surface area contributed by atoms with Crippen LogP contribution in [-0.2, 0) is 6.54 Å². The molecule has 1 fully saturated rings. The third kappa shape index (κ3) is 3.16. The summed E-state index contributed by atoms with van der Waals surface area (Å²) in [7, 11) is 1.66. The third-order valence-electron chi connectivity index (χ3n) is 3.44. The Balaban J connectivity index is 1.62. The molecule has 1 aliphatic rings. The van der Waals surface area contributed by atoms with Crippen molar-refractivity contribution >= 4 is 11.8 Å². The maximum absolute atomic E-state index is 5.40. The maximum Gasteiger partial charge on any atom is 0.167 e. The largest absolute Gasteiger partial charge is 0.497 e. The van der Waals surface area contributed by atoms with Crippen molar-refractivity contribution in [3.63, 3.8) is 0 Å². The molecule has 2 aromatic rings. The Morgan fingerprint density at radius 1 is 1.40 bits per heavy atom. The number of ether oxygens (including phenoxy) is 1. The highest BCUT2D eigenvalue weighted by atomic mass is 32.2. The van der Waals surface area contributed by atoms with E-state index in [1.807, 2.05) is 42.1 Å². The molecule has 1 aromatic heterocycles. The van der Waals surface area contributed by atoms with Gasteiger partial charge in [0.15, 0.2) is 5.76 Å². The van der Waals surface area contributed by atoms with Gasteiger partial charge in [-0.2, -0.15) is 11.8 Å². The lowest BCUT2D eigenvalue weighted by Crippen LogP contribution is -2.28. The monoisotopic (exact) mass is 290 g/mol. The number of aromatic nitrogens is 1. The number of hydrogen-bond acceptors (Lipinski definition) is 5. The predicted octanol–water partition coefficient (Wildman–Crippen LogP) is 2.95. The van der Waals surface area contributed by atoms with Crippen LogP contribution in [0.1, 0.15) is 12.1 Å². The molecule has 20 heavy (non-hydrogen) atoms. The Morgan fingerprint density at radius 3 is 2.95 bits per heavy atom. The van der Waals surface area contributed by atoms with Crippen molar-refractivity contribution in [2.24, 2.45) is 0 Å². The summed E-state index contributed by atoms with van der Waals surface area (Å²) in [4.78, 5) is 0. The first kappa shape index (κ1) is 13.5. The van der Waals surface area contributed by atoms with E-state index in [9.17, 15) is 0 Å². The minimum Gasteiger partial charge on any atom is -0.497 e. The van der Waals surface area contributed by atoms with E-state index in [0.717, 1.165) is 29.3 Å². The number of nitrogens with one attached hydrogen (secondary N) is 1. The number of methoxy groups -OCH3 is 1. The molecule has 0 bridgehead atoms. The molecule has 1 atom stereocenters. The van der Waals surface area contributed by atoms with E-state index in [2.05, 4.69) is 10.5 Å². The number of rotatable bonds is 5. The summed E-state index contributed by atoms with van der Waals surface area (Å²) >= 11 is 2.00. The zero-order chi connectivity index (χ0) is 13.8. The summed E-state index contributed by atoms with van der Waals surface area (Å²) in [6, 6.07) is 10.4. The molecule has 0 amide bonds. The topological polar surface area (TPSA) is 47.3 Å². The van der Waals surface area contributed by atoms with Crippen LogP contribution in [0.3, 0.4) is 0 Å². The zero-order valence-corrected chi connectivity index (χ0v) is 12.3. The molecule has 1 saturated heterocycles. The van der Waals surface area contributed by atoms with Gasteiger partial charge in [-0.3, -0.25) is 0 Å². The maximum atomic E-state index is 5.40. The van der Waals surface area contributed by atoms with Crippen LogP contribution in [0.4, 0.5) is 0 Å². The summed E-state index contributed by atoms with van der Waals surface area (Å²) in [6.45, 7) is 0.769. The highest BCUT2D eigenvalue weighted by molar-refractivity contribution is 7.99. The molecule has 4 nitrogen and oxygen atoms in total. The van der Waals surface area contributed by atoms with Gasteiger partial charge in [0.1, 0.15) is 5.75 Å². The van der Waals surface area contributed by atoms with Crippen LogP contribution >= 0.6 is 11.8 Å². The fourth-order valence-corrected chi connectivity index (χ4v) is 3.42. The average Bonchev–Trinajstić information content (AvgIpc) is 3.17. The van der Waals surface area contributed by atoms with Gasteiger partial charge < -0.3 is 14.6 Å². The fraction of sp³-hybridized carbons (Fsp3) is 0.400. The standard InChI is InChI=1S/C15H18N2O2S/c1-18-14-4-2-11(3-5-14)15-8-13(17-19-15)9-16-12-6-7-20-10-12/h2-5,8,12,16H,6-7,9-10H2,1H3/t12-/m0/s1. The molecule has 3 rings (SSSR count). The first-order valence-electron chi connectivity index (χ1n) is 6.76. The van der Waals surface area contributed by atoms with Crippen LogP contribution in [0.25, 0.3) is 11.3 Å². The smallest absolute Gasteiger partial charge is 0.167 e. The van der Waals surface area contributed by atoms with Crippen molar-refractivity contribution in [1.29, 1.82) is 0 Å². The first-order chi connectivity index (χ1) is 9.85. The van der Waals surface area contributed by atoms with E-state index in [1.165, 1.54) is 17.9 Å². The van der Waals surface area contributed by atoms with Crippen LogP contribution in [0.5, 0.6) is 5.75 Å². The first-order valence-corrected chi connectivity index (χ1v) is 7.92. The zero-order valence-electron chi connectivity index (χ0n) is 11.5. The minimum absolute atomic E-state index is 0.612. The molecular weight excluding hydrogens is 272 g/mol. The van der Waals surface area contributed by atoms with Crippen molar-refractivity contribution in [3.8, 4) is 17.1 Å². The number of benzene rings is 1. The average molecular weight is 290 g/mol. The highest BCUT2D eigenvalue weighted by Gasteiger charge is 2.15. The van der Waals surface area contributed by atoms with E-state index in [1.54, 1.807) is 7.11 Å². The summed E-state index contributed by atoms with van der Waals surface area (Å²) in [5, 5.41) is 7.64. The molecule has 106 valence electrons. The van der Waals surface area contributed by atoms with Gasteiger partial charge in [-0.25, -0.2) is 0 Å². The highest BCUT2D eigenvalue weighted by Crippen LogP contribution is 2.23. The van der Waals surface area contributed by atoms with Crippen LogP contribution in [0.15, 0.2) is 34.9 Å². The molecule has 5 heteroatoms. The van der Waals surface area contributed by atoms with Crippen LogP contribution in [-0.4, -0.2) is 29.8 Å². The number of nitrogens with zero attached hydrogens (tertiary/aromatic N) is 1. The second-order valence-corrected chi connectivity index (χ2v) is 6.00. The molecule has 0 unspecified atom stereocenters. The lowest BCUT2D eigenvalue weighted by atomic mass is 10.1. The molecule has 1 N–H and O–H groups in total. The molecule has 2 heterocycles. The van der Waals surface area contributed by atoms with E-state index >= 15 is 0 Å². The number of thioether (sulfide) groups is 1. The summed E-state index contributed by atoms with van der Waals surface area (Å²) < 4.78 is 10.6. The molecule has 1 aliphatic heterocycles. The van der Waals surface area contributed by atoms with Crippen molar-refractivity contribution in [1.82, 2.24) is 10.5 Å². The Bertz CT molecular complexity index is 547. The predicted molar refractivity (Wildman–Crippen MR) is 81.1 cm³/mol. The fourth-order valence-electron chi connectivity index (χ4n) is 2.23.